The third kappa shape index (κ3) is 2.45. The van der Waals surface area contributed by atoms with Gasteiger partial charge in [-0.05, 0) is 64.5 Å². The number of hydrogen-bond acceptors (Lipinski definition) is 3. The number of nitrogens with zero attached hydrogens (tertiary/aromatic N) is 1. The molecule has 2 saturated heterocycles. The molecule has 2 atom stereocenters. The Bertz CT molecular complexity index is 276. The predicted octanol–water partition coefficient (Wildman–Crippen LogP) is 2.29. The van der Waals surface area contributed by atoms with Crippen molar-refractivity contribution in [1.82, 2.24) is 4.90 Å². The van der Waals surface area contributed by atoms with Crippen LogP contribution in [0.4, 0.5) is 0 Å². The van der Waals surface area contributed by atoms with Crippen molar-refractivity contribution in [2.75, 3.05) is 19.7 Å². The van der Waals surface area contributed by atoms with Crippen molar-refractivity contribution in [3.05, 3.63) is 0 Å². The molecule has 0 aromatic carbocycles. The molecule has 1 aliphatic carbocycles. The molecule has 1 spiro atoms. The van der Waals surface area contributed by atoms with Crippen LogP contribution in [0.15, 0.2) is 0 Å². The molecule has 18 heavy (non-hydrogen) atoms. The van der Waals surface area contributed by atoms with E-state index in [1.54, 1.807) is 0 Å². The summed E-state index contributed by atoms with van der Waals surface area (Å²) in [7, 11) is 0. The van der Waals surface area contributed by atoms with Crippen molar-refractivity contribution in [3.63, 3.8) is 0 Å². The highest BCUT2D eigenvalue weighted by atomic mass is 16.5. The highest BCUT2D eigenvalue weighted by Gasteiger charge is 2.44. The molecule has 0 aromatic rings. The average molecular weight is 252 g/mol. The molecule has 2 aliphatic heterocycles. The van der Waals surface area contributed by atoms with Gasteiger partial charge in [-0.15, -0.1) is 0 Å². The first-order valence-corrected chi connectivity index (χ1v) is 7.93. The van der Waals surface area contributed by atoms with Gasteiger partial charge < -0.3 is 10.5 Å². The third-order valence-electron chi connectivity index (χ3n) is 5.37. The summed E-state index contributed by atoms with van der Waals surface area (Å²) in [5.74, 6) is 0. The number of hydrogen-bond donors (Lipinski definition) is 1. The van der Waals surface area contributed by atoms with Gasteiger partial charge in [0.05, 0.1) is 5.60 Å². The van der Waals surface area contributed by atoms with Gasteiger partial charge in [0, 0.05) is 18.7 Å². The smallest absolute Gasteiger partial charge is 0.0697 e. The van der Waals surface area contributed by atoms with E-state index in [2.05, 4.69) is 4.90 Å². The summed E-state index contributed by atoms with van der Waals surface area (Å²) in [5.41, 5.74) is 6.08. The summed E-state index contributed by atoms with van der Waals surface area (Å²) in [6, 6.07) is 1.53. The lowest BCUT2D eigenvalue weighted by Crippen LogP contribution is -2.55. The Labute approximate surface area is 111 Å². The minimum atomic E-state index is 0.285. The summed E-state index contributed by atoms with van der Waals surface area (Å²) >= 11 is 0. The first-order valence-electron chi connectivity index (χ1n) is 7.93. The largest absolute Gasteiger partial charge is 0.375 e. The molecule has 0 aromatic heterocycles. The van der Waals surface area contributed by atoms with Crippen LogP contribution in [0.1, 0.15) is 57.8 Å². The molecule has 3 aliphatic rings. The van der Waals surface area contributed by atoms with Gasteiger partial charge in [-0.1, -0.05) is 6.42 Å². The summed E-state index contributed by atoms with van der Waals surface area (Å²) < 4.78 is 6.07. The van der Waals surface area contributed by atoms with Crippen molar-refractivity contribution in [1.29, 1.82) is 0 Å². The van der Waals surface area contributed by atoms with Crippen molar-refractivity contribution in [2.45, 2.75) is 75.5 Å². The van der Waals surface area contributed by atoms with Gasteiger partial charge in [0.1, 0.15) is 0 Å². The van der Waals surface area contributed by atoms with E-state index in [0.29, 0.717) is 0 Å². The number of rotatable bonds is 3. The van der Waals surface area contributed by atoms with E-state index < -0.39 is 0 Å². The Hall–Kier alpha value is -0.120. The zero-order valence-corrected chi connectivity index (χ0v) is 11.6. The normalized spacial score (nSPS) is 36.5. The number of ether oxygens (including phenoxy) is 1. The monoisotopic (exact) mass is 252 g/mol. The van der Waals surface area contributed by atoms with E-state index >= 15 is 0 Å². The maximum Gasteiger partial charge on any atom is 0.0697 e. The third-order valence-corrected chi connectivity index (χ3v) is 5.37. The zero-order valence-electron chi connectivity index (χ0n) is 11.6. The van der Waals surface area contributed by atoms with Crippen LogP contribution in [0.25, 0.3) is 0 Å². The minimum Gasteiger partial charge on any atom is -0.375 e. The van der Waals surface area contributed by atoms with Gasteiger partial charge in [-0.2, -0.15) is 0 Å². The fourth-order valence-electron chi connectivity index (χ4n) is 4.21. The van der Waals surface area contributed by atoms with Gasteiger partial charge in [-0.25, -0.2) is 0 Å². The van der Waals surface area contributed by atoms with Gasteiger partial charge in [0.15, 0.2) is 0 Å². The van der Waals surface area contributed by atoms with Crippen molar-refractivity contribution >= 4 is 0 Å². The Morgan fingerprint density at radius 1 is 1.17 bits per heavy atom. The fourth-order valence-corrected chi connectivity index (χ4v) is 4.21. The Kier molecular flexibility index (Phi) is 3.92. The fraction of sp³-hybridized carbons (Fsp3) is 1.00. The standard InChI is InChI=1S/C15H28N2O/c16-9-5-13-4-1-2-10-17(13)14-6-11-18-15(12-14)7-3-8-15/h13-14H,1-12,16H2. The van der Waals surface area contributed by atoms with E-state index in [-0.39, 0.29) is 5.60 Å². The number of likely N-dealkylation sites (tertiary alicyclic amines) is 1. The van der Waals surface area contributed by atoms with Crippen LogP contribution in [0, 0.1) is 0 Å². The molecular weight excluding hydrogens is 224 g/mol. The zero-order chi connectivity index (χ0) is 12.4. The molecule has 2 heterocycles. The van der Waals surface area contributed by atoms with E-state index in [4.69, 9.17) is 10.5 Å². The molecule has 2 N–H and O–H groups in total. The summed E-state index contributed by atoms with van der Waals surface area (Å²) in [5, 5.41) is 0. The number of piperidine rings is 1. The maximum absolute atomic E-state index is 6.07. The first-order chi connectivity index (χ1) is 8.83. The molecule has 1 saturated carbocycles. The quantitative estimate of drug-likeness (QED) is 0.837. The highest BCUT2D eigenvalue weighted by molar-refractivity contribution is 4.98. The van der Waals surface area contributed by atoms with Crippen molar-refractivity contribution in [2.24, 2.45) is 5.73 Å². The minimum absolute atomic E-state index is 0.285. The second-order valence-corrected chi connectivity index (χ2v) is 6.50. The lowest BCUT2D eigenvalue weighted by atomic mass is 9.73. The molecule has 104 valence electrons. The SMILES string of the molecule is NCCC1CCCCN1C1CCOC2(CCC2)C1. The van der Waals surface area contributed by atoms with Gasteiger partial charge >= 0.3 is 0 Å². The lowest BCUT2D eigenvalue weighted by molar-refractivity contribution is -0.153. The van der Waals surface area contributed by atoms with Crippen LogP contribution in [0.5, 0.6) is 0 Å². The second kappa shape index (κ2) is 5.48. The van der Waals surface area contributed by atoms with Crippen LogP contribution in [0.3, 0.4) is 0 Å². The summed E-state index contributed by atoms with van der Waals surface area (Å²) in [6.07, 6.45) is 11.8. The molecule has 3 fully saturated rings. The van der Waals surface area contributed by atoms with Crippen molar-refractivity contribution < 1.29 is 4.74 Å². The highest BCUT2D eigenvalue weighted by Crippen LogP contribution is 2.44. The lowest BCUT2D eigenvalue weighted by Gasteiger charge is -2.52. The van der Waals surface area contributed by atoms with Gasteiger partial charge in [-0.3, -0.25) is 4.90 Å². The van der Waals surface area contributed by atoms with Gasteiger partial charge in [0.25, 0.3) is 0 Å². The predicted molar refractivity (Wildman–Crippen MR) is 73.6 cm³/mol. The van der Waals surface area contributed by atoms with E-state index in [1.807, 2.05) is 0 Å². The molecule has 2 unspecified atom stereocenters. The number of nitrogens with two attached hydrogens (primary N) is 1. The van der Waals surface area contributed by atoms with E-state index in [0.717, 1.165) is 25.2 Å². The Morgan fingerprint density at radius 2 is 2.06 bits per heavy atom. The van der Waals surface area contributed by atoms with E-state index in [9.17, 15) is 0 Å². The average Bonchev–Trinajstić information content (AvgIpc) is 2.38. The topological polar surface area (TPSA) is 38.5 Å². The van der Waals surface area contributed by atoms with Crippen LogP contribution in [-0.4, -0.2) is 42.3 Å². The van der Waals surface area contributed by atoms with Gasteiger partial charge in [0.2, 0.25) is 0 Å². The van der Waals surface area contributed by atoms with Crippen molar-refractivity contribution in [3.8, 4) is 0 Å². The summed E-state index contributed by atoms with van der Waals surface area (Å²) in [6.45, 7) is 3.12. The molecular formula is C15H28N2O. The van der Waals surface area contributed by atoms with E-state index in [1.165, 1.54) is 64.3 Å². The Balaban J connectivity index is 1.64. The molecule has 0 amide bonds. The molecule has 0 bridgehead atoms. The summed E-state index contributed by atoms with van der Waals surface area (Å²) in [4.78, 5) is 2.79. The van der Waals surface area contributed by atoms with Crippen LogP contribution >= 0.6 is 0 Å². The van der Waals surface area contributed by atoms with Crippen LogP contribution < -0.4 is 5.73 Å². The van der Waals surface area contributed by atoms with Crippen LogP contribution in [0.2, 0.25) is 0 Å². The molecule has 3 nitrogen and oxygen atoms in total. The maximum atomic E-state index is 6.07. The van der Waals surface area contributed by atoms with Crippen LogP contribution in [-0.2, 0) is 4.74 Å². The first kappa shape index (κ1) is 12.9. The molecule has 0 radical (unpaired) electrons. The second-order valence-electron chi connectivity index (χ2n) is 6.50. The molecule has 3 rings (SSSR count). The molecule has 3 heteroatoms. The Morgan fingerprint density at radius 3 is 2.78 bits per heavy atom.